The molecule has 62 valence electrons. The van der Waals surface area contributed by atoms with Gasteiger partial charge in [0.15, 0.2) is 0 Å². The summed E-state index contributed by atoms with van der Waals surface area (Å²) < 4.78 is 5.21. The zero-order valence-electron chi connectivity index (χ0n) is 6.55. The van der Waals surface area contributed by atoms with Crippen molar-refractivity contribution in [3.8, 4) is 12.3 Å². The minimum Gasteiger partial charge on any atom is -0.381 e. The summed E-state index contributed by atoms with van der Waals surface area (Å²) in [5.74, 6) is 8.40. The molecule has 11 heavy (non-hydrogen) atoms. The van der Waals surface area contributed by atoms with Gasteiger partial charge in [-0.25, -0.2) is 5.43 Å². The lowest BCUT2D eigenvalue weighted by atomic mass is 10.0. The van der Waals surface area contributed by atoms with E-state index in [0.717, 1.165) is 26.1 Å². The normalized spacial score (nSPS) is 26.4. The molecule has 3 N–H and O–H groups in total. The molecule has 0 bridgehead atoms. The molecule has 2 unspecified atom stereocenters. The van der Waals surface area contributed by atoms with Crippen molar-refractivity contribution in [2.24, 2.45) is 11.8 Å². The second kappa shape index (κ2) is 4.35. The van der Waals surface area contributed by atoms with Crippen LogP contribution in [0, 0.1) is 18.3 Å². The molecule has 1 rings (SSSR count). The zero-order chi connectivity index (χ0) is 8.10. The number of ether oxygens (including phenoxy) is 1. The number of hydrazine groups is 1. The molecule has 0 aromatic rings. The fraction of sp³-hybridized carbons (Fsp3) is 0.750. The van der Waals surface area contributed by atoms with Crippen molar-refractivity contribution >= 4 is 0 Å². The Morgan fingerprint density at radius 3 is 3.09 bits per heavy atom. The SMILES string of the molecule is C#CC(CC1CCOC1)NN. The summed E-state index contributed by atoms with van der Waals surface area (Å²) in [5.41, 5.74) is 2.59. The van der Waals surface area contributed by atoms with E-state index in [4.69, 9.17) is 17.0 Å². The van der Waals surface area contributed by atoms with E-state index in [9.17, 15) is 0 Å². The van der Waals surface area contributed by atoms with E-state index in [1.807, 2.05) is 0 Å². The van der Waals surface area contributed by atoms with Crippen molar-refractivity contribution in [2.45, 2.75) is 18.9 Å². The summed E-state index contributed by atoms with van der Waals surface area (Å²) in [6.07, 6.45) is 7.26. The second-order valence-electron chi connectivity index (χ2n) is 2.85. The van der Waals surface area contributed by atoms with Crippen LogP contribution >= 0.6 is 0 Å². The van der Waals surface area contributed by atoms with Gasteiger partial charge in [-0.1, -0.05) is 5.92 Å². The first-order valence-corrected chi connectivity index (χ1v) is 3.87. The van der Waals surface area contributed by atoms with E-state index in [1.165, 1.54) is 0 Å². The van der Waals surface area contributed by atoms with Crippen LogP contribution in [0.15, 0.2) is 0 Å². The number of terminal acetylenes is 1. The highest BCUT2D eigenvalue weighted by molar-refractivity contribution is 4.98. The van der Waals surface area contributed by atoms with Crippen LogP contribution < -0.4 is 11.3 Å². The Morgan fingerprint density at radius 1 is 1.82 bits per heavy atom. The number of nitrogens with two attached hydrogens (primary N) is 1. The Morgan fingerprint density at radius 2 is 2.64 bits per heavy atom. The van der Waals surface area contributed by atoms with Crippen molar-refractivity contribution in [3.63, 3.8) is 0 Å². The Hall–Kier alpha value is -0.560. The number of rotatable bonds is 3. The van der Waals surface area contributed by atoms with Crippen LogP contribution in [0.2, 0.25) is 0 Å². The first kappa shape index (κ1) is 8.54. The third-order valence-electron chi connectivity index (χ3n) is 2.00. The van der Waals surface area contributed by atoms with Gasteiger partial charge in [-0.2, -0.15) is 0 Å². The van der Waals surface area contributed by atoms with Crippen molar-refractivity contribution in [1.82, 2.24) is 5.43 Å². The van der Waals surface area contributed by atoms with Crippen LogP contribution in [0.25, 0.3) is 0 Å². The highest BCUT2D eigenvalue weighted by atomic mass is 16.5. The molecule has 0 radical (unpaired) electrons. The Balaban J connectivity index is 2.23. The van der Waals surface area contributed by atoms with Gasteiger partial charge in [0.1, 0.15) is 0 Å². The molecular weight excluding hydrogens is 140 g/mol. The van der Waals surface area contributed by atoms with E-state index in [-0.39, 0.29) is 6.04 Å². The van der Waals surface area contributed by atoms with Gasteiger partial charge >= 0.3 is 0 Å². The smallest absolute Gasteiger partial charge is 0.0818 e. The van der Waals surface area contributed by atoms with Gasteiger partial charge in [-0.3, -0.25) is 5.84 Å². The van der Waals surface area contributed by atoms with Crippen LogP contribution in [-0.4, -0.2) is 19.3 Å². The topological polar surface area (TPSA) is 47.3 Å². The van der Waals surface area contributed by atoms with Gasteiger partial charge in [-0.15, -0.1) is 6.42 Å². The van der Waals surface area contributed by atoms with Gasteiger partial charge in [0.05, 0.1) is 6.04 Å². The highest BCUT2D eigenvalue weighted by Gasteiger charge is 2.18. The standard InChI is InChI=1S/C8H14N2O/c1-2-8(10-9)5-7-3-4-11-6-7/h1,7-8,10H,3-6,9H2. The minimum absolute atomic E-state index is 0.00157. The summed E-state index contributed by atoms with van der Waals surface area (Å²) in [6.45, 7) is 1.70. The molecule has 0 aromatic heterocycles. The molecule has 1 aliphatic rings. The summed E-state index contributed by atoms with van der Waals surface area (Å²) >= 11 is 0. The van der Waals surface area contributed by atoms with E-state index >= 15 is 0 Å². The molecule has 0 saturated carbocycles. The molecule has 0 amide bonds. The largest absolute Gasteiger partial charge is 0.381 e. The lowest BCUT2D eigenvalue weighted by Crippen LogP contribution is -2.35. The van der Waals surface area contributed by atoms with E-state index in [0.29, 0.717) is 5.92 Å². The summed E-state index contributed by atoms with van der Waals surface area (Å²) in [7, 11) is 0. The fourth-order valence-corrected chi connectivity index (χ4v) is 1.29. The maximum Gasteiger partial charge on any atom is 0.0818 e. The van der Waals surface area contributed by atoms with Crippen molar-refractivity contribution in [2.75, 3.05) is 13.2 Å². The van der Waals surface area contributed by atoms with Crippen LogP contribution in [-0.2, 0) is 4.74 Å². The quantitative estimate of drug-likeness (QED) is 0.338. The van der Waals surface area contributed by atoms with Crippen LogP contribution in [0.5, 0.6) is 0 Å². The molecule has 3 nitrogen and oxygen atoms in total. The van der Waals surface area contributed by atoms with Gasteiger partial charge in [0, 0.05) is 13.2 Å². The van der Waals surface area contributed by atoms with Crippen LogP contribution in [0.4, 0.5) is 0 Å². The van der Waals surface area contributed by atoms with Crippen molar-refractivity contribution in [3.05, 3.63) is 0 Å². The maximum absolute atomic E-state index is 5.23. The number of hydrogen-bond acceptors (Lipinski definition) is 3. The summed E-state index contributed by atoms with van der Waals surface area (Å²) in [4.78, 5) is 0. The molecule has 1 heterocycles. The fourth-order valence-electron chi connectivity index (χ4n) is 1.29. The predicted octanol–water partition coefficient (Wildman–Crippen LogP) is -0.122. The number of nitrogens with one attached hydrogen (secondary N) is 1. The molecule has 0 aliphatic carbocycles. The summed E-state index contributed by atoms with van der Waals surface area (Å²) in [5, 5.41) is 0. The lowest BCUT2D eigenvalue weighted by Gasteiger charge is -2.12. The number of hydrogen-bond donors (Lipinski definition) is 2. The van der Waals surface area contributed by atoms with Gasteiger partial charge < -0.3 is 4.74 Å². The molecule has 1 fully saturated rings. The predicted molar refractivity (Wildman–Crippen MR) is 43.5 cm³/mol. The van der Waals surface area contributed by atoms with E-state index in [1.54, 1.807) is 0 Å². The lowest BCUT2D eigenvalue weighted by molar-refractivity contribution is 0.183. The van der Waals surface area contributed by atoms with Gasteiger partial charge in [-0.05, 0) is 18.8 Å². The second-order valence-corrected chi connectivity index (χ2v) is 2.85. The van der Waals surface area contributed by atoms with Crippen molar-refractivity contribution in [1.29, 1.82) is 0 Å². The maximum atomic E-state index is 5.23. The van der Waals surface area contributed by atoms with Gasteiger partial charge in [0.2, 0.25) is 0 Å². The first-order chi connectivity index (χ1) is 5.36. The zero-order valence-corrected chi connectivity index (χ0v) is 6.55. The average molecular weight is 154 g/mol. The molecule has 1 saturated heterocycles. The molecule has 0 aromatic carbocycles. The first-order valence-electron chi connectivity index (χ1n) is 3.87. The Kier molecular flexibility index (Phi) is 3.37. The molecule has 1 aliphatic heterocycles. The molecule has 2 atom stereocenters. The van der Waals surface area contributed by atoms with Crippen LogP contribution in [0.3, 0.4) is 0 Å². The minimum atomic E-state index is 0.00157. The monoisotopic (exact) mass is 154 g/mol. The molecule has 0 spiro atoms. The summed E-state index contributed by atoms with van der Waals surface area (Å²) in [6, 6.07) is 0.00157. The Bertz CT molecular complexity index is 147. The Labute approximate surface area is 67.3 Å². The van der Waals surface area contributed by atoms with E-state index in [2.05, 4.69) is 11.3 Å². The average Bonchev–Trinajstić information content (AvgIpc) is 2.52. The van der Waals surface area contributed by atoms with Gasteiger partial charge in [0.25, 0.3) is 0 Å². The highest BCUT2D eigenvalue weighted by Crippen LogP contribution is 2.17. The van der Waals surface area contributed by atoms with Crippen LogP contribution in [0.1, 0.15) is 12.8 Å². The molecular formula is C8H14N2O. The third kappa shape index (κ3) is 2.51. The van der Waals surface area contributed by atoms with Crippen molar-refractivity contribution < 1.29 is 4.74 Å². The molecule has 3 heteroatoms. The van der Waals surface area contributed by atoms with E-state index < -0.39 is 0 Å². The third-order valence-corrected chi connectivity index (χ3v) is 2.00.